The lowest BCUT2D eigenvalue weighted by atomic mass is 9.99. The highest BCUT2D eigenvalue weighted by Crippen LogP contribution is 2.36. The molecule has 0 saturated heterocycles. The maximum atomic E-state index is 6.39. The van der Waals surface area contributed by atoms with E-state index in [4.69, 9.17) is 19.7 Å². The number of nitrogens with one attached hydrogen (secondary N) is 1. The topological polar surface area (TPSA) is 112 Å². The summed E-state index contributed by atoms with van der Waals surface area (Å²) in [6, 6.07) is 7.47. The van der Waals surface area contributed by atoms with Gasteiger partial charge in [-0.25, -0.2) is 0 Å². The first-order valence-electron chi connectivity index (χ1n) is 8.54. The van der Waals surface area contributed by atoms with Gasteiger partial charge in [0.2, 0.25) is 0 Å². The van der Waals surface area contributed by atoms with Gasteiger partial charge < -0.3 is 19.7 Å². The zero-order valence-electron chi connectivity index (χ0n) is 15.2. The van der Waals surface area contributed by atoms with Gasteiger partial charge in [0, 0.05) is 5.56 Å². The third-order valence-corrected chi connectivity index (χ3v) is 4.85. The van der Waals surface area contributed by atoms with Gasteiger partial charge >= 0.3 is 0 Å². The molecule has 8 nitrogen and oxygen atoms in total. The molecule has 27 heavy (non-hydrogen) atoms. The van der Waals surface area contributed by atoms with Gasteiger partial charge in [-0.2, -0.15) is 10.1 Å². The van der Waals surface area contributed by atoms with Crippen LogP contribution in [0.2, 0.25) is 0 Å². The Morgan fingerprint density at radius 1 is 1.11 bits per heavy atom. The van der Waals surface area contributed by atoms with Gasteiger partial charge in [0.05, 0.1) is 25.5 Å². The molecule has 0 spiro atoms. The SMILES string of the molecule is COc1ccc(-c2cc(-c3nc(C4(N)CCCC4)no3)[nH]n2)cc1OC.Cl. The van der Waals surface area contributed by atoms with E-state index < -0.39 is 5.54 Å². The number of H-pyrrole nitrogens is 1. The molecule has 0 bridgehead atoms. The van der Waals surface area contributed by atoms with Crippen molar-refractivity contribution in [1.82, 2.24) is 20.3 Å². The second kappa shape index (κ2) is 7.58. The fourth-order valence-corrected chi connectivity index (χ4v) is 3.34. The largest absolute Gasteiger partial charge is 0.493 e. The summed E-state index contributed by atoms with van der Waals surface area (Å²) in [4.78, 5) is 4.48. The minimum Gasteiger partial charge on any atom is -0.493 e. The van der Waals surface area contributed by atoms with Crippen molar-refractivity contribution in [2.24, 2.45) is 5.73 Å². The number of hydrogen-bond acceptors (Lipinski definition) is 7. The number of nitrogens with two attached hydrogens (primary N) is 1. The van der Waals surface area contributed by atoms with Crippen LogP contribution in [0.25, 0.3) is 22.8 Å². The Balaban J connectivity index is 0.00000210. The lowest BCUT2D eigenvalue weighted by Gasteiger charge is -2.17. The van der Waals surface area contributed by atoms with Gasteiger partial charge in [0.25, 0.3) is 5.89 Å². The number of benzene rings is 1. The van der Waals surface area contributed by atoms with Gasteiger partial charge in [-0.3, -0.25) is 5.10 Å². The molecule has 144 valence electrons. The summed E-state index contributed by atoms with van der Waals surface area (Å²) in [6.45, 7) is 0. The second-order valence-electron chi connectivity index (χ2n) is 6.52. The van der Waals surface area contributed by atoms with E-state index in [1.807, 2.05) is 24.3 Å². The molecule has 3 N–H and O–H groups in total. The lowest BCUT2D eigenvalue weighted by molar-refractivity contribution is 0.355. The number of ether oxygens (including phenoxy) is 2. The van der Waals surface area contributed by atoms with E-state index in [0.717, 1.165) is 36.9 Å². The quantitative estimate of drug-likeness (QED) is 0.686. The molecule has 4 rings (SSSR count). The number of methoxy groups -OCH3 is 2. The Bertz CT molecular complexity index is 917. The molecule has 0 atom stereocenters. The van der Waals surface area contributed by atoms with Crippen LogP contribution in [0.3, 0.4) is 0 Å². The van der Waals surface area contributed by atoms with Crippen molar-refractivity contribution in [3.05, 3.63) is 30.1 Å². The molecule has 2 aromatic heterocycles. The number of rotatable bonds is 5. The molecule has 0 amide bonds. The summed E-state index contributed by atoms with van der Waals surface area (Å²) in [7, 11) is 3.20. The van der Waals surface area contributed by atoms with Crippen LogP contribution in [0.5, 0.6) is 11.5 Å². The van der Waals surface area contributed by atoms with Crippen molar-refractivity contribution >= 4 is 12.4 Å². The van der Waals surface area contributed by atoms with Crippen molar-refractivity contribution in [1.29, 1.82) is 0 Å². The van der Waals surface area contributed by atoms with Crippen molar-refractivity contribution in [2.75, 3.05) is 14.2 Å². The van der Waals surface area contributed by atoms with E-state index in [2.05, 4.69) is 20.3 Å². The lowest BCUT2D eigenvalue weighted by Crippen LogP contribution is -2.34. The normalized spacial score (nSPS) is 15.4. The van der Waals surface area contributed by atoms with Crippen molar-refractivity contribution < 1.29 is 14.0 Å². The van der Waals surface area contributed by atoms with E-state index >= 15 is 0 Å². The average Bonchev–Trinajstić information content (AvgIpc) is 3.41. The zero-order valence-corrected chi connectivity index (χ0v) is 16.0. The molecule has 1 saturated carbocycles. The molecular formula is C18H22ClN5O3. The van der Waals surface area contributed by atoms with Crippen LogP contribution in [0.4, 0.5) is 0 Å². The smallest absolute Gasteiger partial charge is 0.276 e. The van der Waals surface area contributed by atoms with E-state index in [1.54, 1.807) is 14.2 Å². The van der Waals surface area contributed by atoms with Crippen LogP contribution in [-0.2, 0) is 5.54 Å². The fraction of sp³-hybridized carbons (Fsp3) is 0.389. The molecule has 1 fully saturated rings. The fourth-order valence-electron chi connectivity index (χ4n) is 3.34. The highest BCUT2D eigenvalue weighted by atomic mass is 35.5. The number of nitrogens with zero attached hydrogens (tertiary/aromatic N) is 3. The Kier molecular flexibility index (Phi) is 5.38. The average molecular weight is 392 g/mol. The van der Waals surface area contributed by atoms with E-state index in [1.165, 1.54) is 0 Å². The van der Waals surface area contributed by atoms with E-state index in [-0.39, 0.29) is 12.4 Å². The Labute approximate surface area is 162 Å². The van der Waals surface area contributed by atoms with Crippen molar-refractivity contribution in [3.63, 3.8) is 0 Å². The second-order valence-corrected chi connectivity index (χ2v) is 6.52. The third-order valence-electron chi connectivity index (χ3n) is 4.85. The predicted octanol–water partition coefficient (Wildman–Crippen LogP) is 3.29. The molecule has 0 radical (unpaired) electrons. The molecule has 0 aliphatic heterocycles. The summed E-state index contributed by atoms with van der Waals surface area (Å²) in [5, 5.41) is 11.4. The summed E-state index contributed by atoms with van der Waals surface area (Å²) < 4.78 is 16.0. The van der Waals surface area contributed by atoms with Crippen molar-refractivity contribution in [3.8, 4) is 34.3 Å². The maximum Gasteiger partial charge on any atom is 0.276 e. The molecule has 2 heterocycles. The first kappa shape index (κ1) is 19.2. The Morgan fingerprint density at radius 2 is 1.85 bits per heavy atom. The van der Waals surface area contributed by atoms with E-state index in [0.29, 0.717) is 28.9 Å². The molecule has 1 aliphatic carbocycles. The van der Waals surface area contributed by atoms with Crippen LogP contribution in [0.1, 0.15) is 31.5 Å². The minimum absolute atomic E-state index is 0. The zero-order chi connectivity index (χ0) is 18.1. The summed E-state index contributed by atoms with van der Waals surface area (Å²) in [5.41, 5.74) is 8.19. The van der Waals surface area contributed by atoms with Crippen LogP contribution in [0, 0.1) is 0 Å². The highest BCUT2D eigenvalue weighted by molar-refractivity contribution is 5.85. The summed E-state index contributed by atoms with van der Waals surface area (Å²) in [6.07, 6.45) is 3.94. The van der Waals surface area contributed by atoms with Gasteiger partial charge in [0.15, 0.2) is 17.3 Å². The van der Waals surface area contributed by atoms with E-state index in [9.17, 15) is 0 Å². The monoisotopic (exact) mass is 391 g/mol. The highest BCUT2D eigenvalue weighted by Gasteiger charge is 2.36. The Morgan fingerprint density at radius 3 is 2.56 bits per heavy atom. The molecular weight excluding hydrogens is 370 g/mol. The number of aromatic nitrogens is 4. The van der Waals surface area contributed by atoms with Gasteiger partial charge in [-0.15, -0.1) is 12.4 Å². The number of aromatic amines is 1. The third kappa shape index (κ3) is 3.50. The van der Waals surface area contributed by atoms with Crippen LogP contribution in [0.15, 0.2) is 28.8 Å². The van der Waals surface area contributed by atoms with Gasteiger partial charge in [0.1, 0.15) is 5.69 Å². The molecule has 9 heteroatoms. The minimum atomic E-state index is -0.478. The molecule has 0 unspecified atom stereocenters. The Hall–Kier alpha value is -2.58. The van der Waals surface area contributed by atoms with Crippen LogP contribution >= 0.6 is 12.4 Å². The van der Waals surface area contributed by atoms with Crippen molar-refractivity contribution in [2.45, 2.75) is 31.2 Å². The first-order chi connectivity index (χ1) is 12.6. The molecule has 3 aromatic rings. The molecule has 1 aromatic carbocycles. The first-order valence-corrected chi connectivity index (χ1v) is 8.54. The van der Waals surface area contributed by atoms with Gasteiger partial charge in [-0.1, -0.05) is 18.0 Å². The van der Waals surface area contributed by atoms with Gasteiger partial charge in [-0.05, 0) is 37.1 Å². The maximum absolute atomic E-state index is 6.39. The summed E-state index contributed by atoms with van der Waals surface area (Å²) in [5.74, 6) is 2.25. The standard InChI is InChI=1S/C18H21N5O3.ClH/c1-24-14-6-5-11(9-15(14)25-2)12-10-13(22-21-12)16-20-17(23-26-16)18(19)7-3-4-8-18;/h5-6,9-10H,3-4,7-8,19H2,1-2H3,(H,21,22);1H. The van der Waals surface area contributed by atoms with Crippen LogP contribution < -0.4 is 15.2 Å². The molecule has 1 aliphatic rings. The van der Waals surface area contributed by atoms with Crippen LogP contribution in [-0.4, -0.2) is 34.6 Å². The summed E-state index contributed by atoms with van der Waals surface area (Å²) >= 11 is 0. The number of hydrogen-bond donors (Lipinski definition) is 2. The predicted molar refractivity (Wildman–Crippen MR) is 102 cm³/mol. The number of halogens is 1.